The van der Waals surface area contributed by atoms with Crippen LogP contribution in [0.15, 0.2) is 110 Å². The standard InChI is InChI=1S/C8H8O2.C7H6O2.C5H5N.C3H4N2/c9-8(10)6-7-4-2-1-3-5-7;8-7(9)6-4-2-1-3-5-6;1-2-4-6-5-3-1;1-2-5-3-4-1/h1-5H,6H2,(H,9,10);1-5H,(H,8,9);1-5H;1-3H,(H,4,5). The normalized spacial score (nSPS) is 8.67. The molecule has 0 fully saturated rings. The summed E-state index contributed by atoms with van der Waals surface area (Å²) in [7, 11) is 0. The van der Waals surface area contributed by atoms with Crippen molar-refractivity contribution in [1.29, 1.82) is 0 Å². The molecule has 7 nitrogen and oxygen atoms in total. The van der Waals surface area contributed by atoms with Crippen LogP contribution in [0.25, 0.3) is 0 Å². The first-order valence-corrected chi connectivity index (χ1v) is 8.91. The van der Waals surface area contributed by atoms with Gasteiger partial charge in [0.25, 0.3) is 0 Å². The Morgan fingerprint density at radius 1 is 0.733 bits per heavy atom. The van der Waals surface area contributed by atoms with E-state index in [0.29, 0.717) is 5.56 Å². The third-order valence-corrected chi connectivity index (χ3v) is 3.19. The largest absolute Gasteiger partial charge is 0.481 e. The van der Waals surface area contributed by atoms with Crippen molar-refractivity contribution in [3.8, 4) is 0 Å². The molecule has 30 heavy (non-hydrogen) atoms. The molecule has 0 atom stereocenters. The first kappa shape index (κ1) is 23.8. The van der Waals surface area contributed by atoms with E-state index < -0.39 is 11.9 Å². The van der Waals surface area contributed by atoms with Gasteiger partial charge in [-0.3, -0.25) is 9.78 Å². The molecule has 0 radical (unpaired) electrons. The Kier molecular flexibility index (Phi) is 12.5. The maximum atomic E-state index is 10.2. The molecule has 0 saturated heterocycles. The number of pyridine rings is 1. The van der Waals surface area contributed by atoms with E-state index in [1.807, 2.05) is 36.4 Å². The zero-order chi connectivity index (χ0) is 21.9. The molecule has 0 saturated carbocycles. The van der Waals surface area contributed by atoms with Crippen molar-refractivity contribution in [1.82, 2.24) is 15.0 Å². The monoisotopic (exact) mass is 405 g/mol. The van der Waals surface area contributed by atoms with Gasteiger partial charge in [0.15, 0.2) is 0 Å². The Hall–Kier alpha value is -4.26. The summed E-state index contributed by atoms with van der Waals surface area (Å²) in [5, 5.41) is 16.8. The number of H-pyrrole nitrogens is 1. The summed E-state index contributed by atoms with van der Waals surface area (Å²) in [4.78, 5) is 30.6. The lowest BCUT2D eigenvalue weighted by Gasteiger charge is -1.92. The van der Waals surface area contributed by atoms with Crippen LogP contribution >= 0.6 is 0 Å². The number of aromatic carboxylic acids is 1. The molecule has 0 bridgehead atoms. The van der Waals surface area contributed by atoms with E-state index in [1.165, 1.54) is 0 Å². The van der Waals surface area contributed by atoms with Crippen molar-refractivity contribution in [2.24, 2.45) is 0 Å². The highest BCUT2D eigenvalue weighted by Crippen LogP contribution is 1.98. The highest BCUT2D eigenvalue weighted by molar-refractivity contribution is 5.87. The Balaban J connectivity index is 0.000000207. The predicted octanol–water partition coefficient (Wildman–Crippen LogP) is 4.19. The Bertz CT molecular complexity index is 873. The number of aromatic amines is 1. The maximum absolute atomic E-state index is 10.2. The molecule has 154 valence electrons. The van der Waals surface area contributed by atoms with Crippen molar-refractivity contribution < 1.29 is 19.8 Å². The number of rotatable bonds is 3. The number of benzene rings is 2. The molecule has 0 aliphatic carbocycles. The lowest BCUT2D eigenvalue weighted by atomic mass is 10.2. The van der Waals surface area contributed by atoms with Gasteiger partial charge in [-0.05, 0) is 29.8 Å². The van der Waals surface area contributed by atoms with Crippen LogP contribution in [0.3, 0.4) is 0 Å². The van der Waals surface area contributed by atoms with Crippen LogP contribution in [0, 0.1) is 0 Å². The van der Waals surface area contributed by atoms with E-state index in [1.54, 1.807) is 73.6 Å². The summed E-state index contributed by atoms with van der Waals surface area (Å²) in [6.45, 7) is 0. The highest BCUT2D eigenvalue weighted by Gasteiger charge is 1.97. The number of hydrogen-bond donors (Lipinski definition) is 3. The molecule has 0 aliphatic heterocycles. The fourth-order valence-corrected chi connectivity index (χ4v) is 1.88. The summed E-state index contributed by atoms with van der Waals surface area (Å²) in [6, 6.07) is 23.1. The first-order valence-electron chi connectivity index (χ1n) is 8.91. The molecule has 2 heterocycles. The third kappa shape index (κ3) is 13.0. The van der Waals surface area contributed by atoms with E-state index in [4.69, 9.17) is 10.2 Å². The summed E-state index contributed by atoms with van der Waals surface area (Å²) in [5.41, 5.74) is 1.17. The SMILES string of the molecule is O=C(O)Cc1ccccc1.O=C(O)c1ccccc1.c1c[nH]cn1.c1ccncc1. The van der Waals surface area contributed by atoms with Gasteiger partial charge in [-0.15, -0.1) is 0 Å². The second-order valence-electron chi connectivity index (χ2n) is 5.51. The van der Waals surface area contributed by atoms with Crippen LogP contribution < -0.4 is 0 Å². The van der Waals surface area contributed by atoms with E-state index >= 15 is 0 Å². The van der Waals surface area contributed by atoms with Gasteiger partial charge in [0.05, 0.1) is 18.3 Å². The molecule has 4 aromatic rings. The minimum absolute atomic E-state index is 0.112. The summed E-state index contributed by atoms with van der Waals surface area (Å²) in [6.07, 6.45) is 8.70. The zero-order valence-electron chi connectivity index (χ0n) is 16.2. The molecule has 0 unspecified atom stereocenters. The number of aliphatic carboxylic acids is 1. The van der Waals surface area contributed by atoms with E-state index in [0.717, 1.165) is 5.56 Å². The smallest absolute Gasteiger partial charge is 0.335 e. The fraction of sp³-hybridized carbons (Fsp3) is 0.0435. The average molecular weight is 405 g/mol. The summed E-state index contributed by atoms with van der Waals surface area (Å²) >= 11 is 0. The number of carbonyl (C=O) groups is 2. The number of imidazole rings is 1. The van der Waals surface area contributed by atoms with Crippen molar-refractivity contribution >= 4 is 11.9 Å². The molecule has 0 amide bonds. The van der Waals surface area contributed by atoms with Gasteiger partial charge in [0.2, 0.25) is 0 Å². The molecular formula is C23H23N3O4. The Labute approximate surface area is 174 Å². The van der Waals surface area contributed by atoms with Crippen molar-refractivity contribution in [3.63, 3.8) is 0 Å². The number of nitrogens with zero attached hydrogens (tertiary/aromatic N) is 2. The Morgan fingerprint density at radius 2 is 1.30 bits per heavy atom. The number of aromatic nitrogens is 3. The van der Waals surface area contributed by atoms with Crippen molar-refractivity contribution in [2.45, 2.75) is 6.42 Å². The summed E-state index contributed by atoms with van der Waals surface area (Å²) in [5.74, 6) is -1.66. The second-order valence-corrected chi connectivity index (χ2v) is 5.51. The number of nitrogens with one attached hydrogen (secondary N) is 1. The van der Waals surface area contributed by atoms with Crippen molar-refractivity contribution in [3.05, 3.63) is 121 Å². The van der Waals surface area contributed by atoms with Gasteiger partial charge in [-0.2, -0.15) is 0 Å². The minimum Gasteiger partial charge on any atom is -0.481 e. The molecular weight excluding hydrogens is 382 g/mol. The van der Waals surface area contributed by atoms with E-state index in [-0.39, 0.29) is 6.42 Å². The molecule has 2 aromatic carbocycles. The Morgan fingerprint density at radius 3 is 1.60 bits per heavy atom. The van der Waals surface area contributed by atoms with Crippen LogP contribution in [-0.2, 0) is 11.2 Å². The molecule has 2 aromatic heterocycles. The van der Waals surface area contributed by atoms with E-state index in [2.05, 4.69) is 15.0 Å². The van der Waals surface area contributed by atoms with Crippen LogP contribution in [0.2, 0.25) is 0 Å². The summed E-state index contributed by atoms with van der Waals surface area (Å²) < 4.78 is 0. The average Bonchev–Trinajstić information content (AvgIpc) is 3.37. The molecule has 0 aliphatic rings. The van der Waals surface area contributed by atoms with Gasteiger partial charge in [0.1, 0.15) is 0 Å². The lowest BCUT2D eigenvalue weighted by Crippen LogP contribution is -1.98. The molecule has 3 N–H and O–H groups in total. The zero-order valence-corrected chi connectivity index (χ0v) is 16.2. The van der Waals surface area contributed by atoms with Gasteiger partial charge < -0.3 is 15.2 Å². The van der Waals surface area contributed by atoms with Gasteiger partial charge >= 0.3 is 11.9 Å². The van der Waals surface area contributed by atoms with Crippen LogP contribution in [-0.4, -0.2) is 37.1 Å². The third-order valence-electron chi connectivity index (χ3n) is 3.19. The molecule has 0 spiro atoms. The van der Waals surface area contributed by atoms with Crippen LogP contribution in [0.1, 0.15) is 15.9 Å². The molecule has 7 heteroatoms. The predicted molar refractivity (Wildman–Crippen MR) is 114 cm³/mol. The number of carboxylic acids is 2. The highest BCUT2D eigenvalue weighted by atomic mass is 16.4. The van der Waals surface area contributed by atoms with E-state index in [9.17, 15) is 9.59 Å². The first-order chi connectivity index (χ1) is 14.6. The van der Waals surface area contributed by atoms with Gasteiger partial charge in [-0.25, -0.2) is 9.78 Å². The van der Waals surface area contributed by atoms with Crippen LogP contribution in [0.4, 0.5) is 0 Å². The fourth-order valence-electron chi connectivity index (χ4n) is 1.88. The second kappa shape index (κ2) is 15.8. The lowest BCUT2D eigenvalue weighted by molar-refractivity contribution is -0.136. The molecule has 4 rings (SSSR count). The quantitative estimate of drug-likeness (QED) is 0.471. The van der Waals surface area contributed by atoms with Crippen LogP contribution in [0.5, 0.6) is 0 Å². The van der Waals surface area contributed by atoms with Gasteiger partial charge in [0, 0.05) is 24.8 Å². The minimum atomic E-state index is -0.879. The number of hydrogen-bond acceptors (Lipinski definition) is 4. The topological polar surface area (TPSA) is 116 Å². The van der Waals surface area contributed by atoms with Gasteiger partial charge in [-0.1, -0.05) is 54.6 Å². The van der Waals surface area contributed by atoms with Crippen molar-refractivity contribution in [2.75, 3.05) is 0 Å². The maximum Gasteiger partial charge on any atom is 0.335 e. The number of carboxylic acid groups (broad SMARTS) is 2.